The zero-order valence-corrected chi connectivity index (χ0v) is 14.7. The number of hydrogen-bond acceptors (Lipinski definition) is 3. The Morgan fingerprint density at radius 1 is 1.24 bits per heavy atom. The van der Waals surface area contributed by atoms with Crippen LogP contribution in [0.1, 0.15) is 46.1 Å². The number of halogens is 1. The Kier molecular flexibility index (Phi) is 6.66. The van der Waals surface area contributed by atoms with Gasteiger partial charge in [0.25, 0.3) is 0 Å². The molecular weight excluding hydrogens is 308 g/mol. The summed E-state index contributed by atoms with van der Waals surface area (Å²) in [5.41, 5.74) is 0.321. The maximum Gasteiger partial charge on any atom is 0.241 e. The maximum atomic E-state index is 12.4. The van der Waals surface area contributed by atoms with E-state index < -0.39 is 15.6 Å². The maximum absolute atomic E-state index is 12.4. The molecule has 120 valence electrons. The second-order valence-electron chi connectivity index (χ2n) is 5.77. The van der Waals surface area contributed by atoms with E-state index in [9.17, 15) is 8.42 Å². The van der Waals surface area contributed by atoms with Crippen molar-refractivity contribution in [2.24, 2.45) is 0 Å². The summed E-state index contributed by atoms with van der Waals surface area (Å²) in [6.07, 6.45) is 1.73. The zero-order chi connectivity index (χ0) is 16.1. The molecule has 0 aromatic heterocycles. The molecule has 0 heterocycles. The van der Waals surface area contributed by atoms with E-state index in [0.717, 1.165) is 18.5 Å². The molecule has 1 rings (SSSR count). The first-order valence-electron chi connectivity index (χ1n) is 7.25. The lowest BCUT2D eigenvalue weighted by molar-refractivity contribution is 0.439. The van der Waals surface area contributed by atoms with E-state index in [0.29, 0.717) is 18.0 Å². The van der Waals surface area contributed by atoms with Crippen molar-refractivity contribution in [3.05, 3.63) is 28.8 Å². The lowest BCUT2D eigenvalue weighted by Gasteiger charge is -2.24. The van der Waals surface area contributed by atoms with Crippen LogP contribution in [0.4, 0.5) is 0 Å². The van der Waals surface area contributed by atoms with Gasteiger partial charge in [0, 0.05) is 17.1 Å². The summed E-state index contributed by atoms with van der Waals surface area (Å²) >= 11 is 6.13. The fourth-order valence-electron chi connectivity index (χ4n) is 1.75. The van der Waals surface area contributed by atoms with E-state index in [1.807, 2.05) is 20.8 Å². The molecule has 0 amide bonds. The number of hydrogen-bond donors (Lipinski definition) is 2. The second kappa shape index (κ2) is 7.58. The summed E-state index contributed by atoms with van der Waals surface area (Å²) in [5, 5.41) is 3.81. The first-order chi connectivity index (χ1) is 9.72. The Balaban J connectivity index is 3.00. The largest absolute Gasteiger partial charge is 0.313 e. The van der Waals surface area contributed by atoms with Crippen LogP contribution in [0.3, 0.4) is 0 Å². The fraction of sp³-hybridized carbons (Fsp3) is 0.600. The van der Waals surface area contributed by atoms with Crippen LogP contribution in [0.2, 0.25) is 5.02 Å². The summed E-state index contributed by atoms with van der Waals surface area (Å²) in [6.45, 7) is 9.19. The van der Waals surface area contributed by atoms with Gasteiger partial charge in [0.05, 0.1) is 4.90 Å². The fourth-order valence-corrected chi connectivity index (χ4v) is 3.47. The molecule has 0 aliphatic carbocycles. The normalized spacial score (nSPS) is 12.6. The third kappa shape index (κ3) is 5.58. The monoisotopic (exact) mass is 332 g/mol. The summed E-state index contributed by atoms with van der Waals surface area (Å²) in [6, 6.07) is 4.82. The molecule has 0 saturated carbocycles. The second-order valence-corrected chi connectivity index (χ2v) is 7.86. The van der Waals surface area contributed by atoms with Crippen LogP contribution in [0, 0.1) is 0 Å². The van der Waals surface area contributed by atoms with Crippen LogP contribution in [0.5, 0.6) is 0 Å². The van der Waals surface area contributed by atoms with Gasteiger partial charge in [0.2, 0.25) is 10.0 Å². The number of sulfonamides is 1. The van der Waals surface area contributed by atoms with Crippen LogP contribution >= 0.6 is 11.6 Å². The van der Waals surface area contributed by atoms with Crippen molar-refractivity contribution < 1.29 is 8.42 Å². The molecule has 0 unspecified atom stereocenters. The van der Waals surface area contributed by atoms with Gasteiger partial charge in [-0.1, -0.05) is 25.4 Å². The van der Waals surface area contributed by atoms with Crippen molar-refractivity contribution >= 4 is 21.6 Å². The Morgan fingerprint density at radius 2 is 1.90 bits per heavy atom. The third-order valence-electron chi connectivity index (χ3n) is 3.36. The van der Waals surface area contributed by atoms with Crippen molar-refractivity contribution in [1.29, 1.82) is 0 Å². The van der Waals surface area contributed by atoms with Crippen molar-refractivity contribution in [3.63, 3.8) is 0 Å². The van der Waals surface area contributed by atoms with Gasteiger partial charge in [-0.3, -0.25) is 0 Å². The predicted octanol–water partition coefficient (Wildman–Crippen LogP) is 3.31. The highest BCUT2D eigenvalue weighted by Gasteiger charge is 2.24. The van der Waals surface area contributed by atoms with E-state index in [-0.39, 0.29) is 4.90 Å². The molecule has 4 nitrogen and oxygen atoms in total. The quantitative estimate of drug-likeness (QED) is 0.718. The van der Waals surface area contributed by atoms with Gasteiger partial charge in [-0.15, -0.1) is 0 Å². The van der Waals surface area contributed by atoms with Gasteiger partial charge < -0.3 is 5.32 Å². The molecule has 0 aliphatic rings. The number of rotatable bonds is 8. The number of benzene rings is 1. The molecule has 0 saturated heterocycles. The molecule has 0 radical (unpaired) electrons. The van der Waals surface area contributed by atoms with E-state index >= 15 is 0 Å². The minimum atomic E-state index is -3.54. The molecule has 1 aromatic rings. The zero-order valence-electron chi connectivity index (χ0n) is 13.2. The first kappa shape index (κ1) is 18.4. The number of nitrogens with one attached hydrogen (secondary N) is 2. The topological polar surface area (TPSA) is 58.2 Å². The van der Waals surface area contributed by atoms with Crippen molar-refractivity contribution in [3.8, 4) is 0 Å². The molecule has 6 heteroatoms. The molecule has 2 N–H and O–H groups in total. The standard InChI is InChI=1S/C15H25ClN2O2S/c1-5-9-17-11-12-10-13(7-8-14(12)16)21(19,20)18-15(3,4)6-2/h7-8,10,17-18H,5-6,9,11H2,1-4H3. The molecule has 1 aromatic carbocycles. The summed E-state index contributed by atoms with van der Waals surface area (Å²) in [5.74, 6) is 0. The predicted molar refractivity (Wildman–Crippen MR) is 88.1 cm³/mol. The lowest BCUT2D eigenvalue weighted by Crippen LogP contribution is -2.42. The Labute approximate surface area is 133 Å². The molecule has 0 aliphatic heterocycles. The summed E-state index contributed by atoms with van der Waals surface area (Å²) in [4.78, 5) is 0.252. The van der Waals surface area contributed by atoms with Crippen LogP contribution in [-0.4, -0.2) is 20.5 Å². The van der Waals surface area contributed by atoms with Crippen molar-refractivity contribution in [2.75, 3.05) is 6.54 Å². The van der Waals surface area contributed by atoms with Crippen LogP contribution in [0.25, 0.3) is 0 Å². The smallest absolute Gasteiger partial charge is 0.241 e. The third-order valence-corrected chi connectivity index (χ3v) is 5.43. The van der Waals surface area contributed by atoms with E-state index in [1.54, 1.807) is 18.2 Å². The van der Waals surface area contributed by atoms with E-state index in [1.165, 1.54) is 0 Å². The highest BCUT2D eigenvalue weighted by molar-refractivity contribution is 7.89. The van der Waals surface area contributed by atoms with E-state index in [4.69, 9.17) is 11.6 Å². The van der Waals surface area contributed by atoms with Gasteiger partial charge >= 0.3 is 0 Å². The van der Waals surface area contributed by atoms with Crippen LogP contribution in [0.15, 0.2) is 23.1 Å². The molecule has 0 bridgehead atoms. The van der Waals surface area contributed by atoms with E-state index in [2.05, 4.69) is 17.0 Å². The average Bonchev–Trinajstić information content (AvgIpc) is 2.40. The highest BCUT2D eigenvalue weighted by atomic mass is 35.5. The minimum Gasteiger partial charge on any atom is -0.313 e. The first-order valence-corrected chi connectivity index (χ1v) is 9.11. The summed E-state index contributed by atoms with van der Waals surface area (Å²) < 4.78 is 27.6. The minimum absolute atomic E-state index is 0.252. The van der Waals surface area contributed by atoms with Gasteiger partial charge in [0.15, 0.2) is 0 Å². The van der Waals surface area contributed by atoms with Gasteiger partial charge in [-0.25, -0.2) is 13.1 Å². The van der Waals surface area contributed by atoms with Gasteiger partial charge in [-0.05, 0) is 57.0 Å². The molecule has 0 atom stereocenters. The Hall–Kier alpha value is -0.620. The molecule has 0 spiro atoms. The van der Waals surface area contributed by atoms with Crippen LogP contribution < -0.4 is 10.0 Å². The lowest BCUT2D eigenvalue weighted by atomic mass is 10.0. The van der Waals surface area contributed by atoms with Crippen molar-refractivity contribution in [2.45, 2.75) is 57.5 Å². The van der Waals surface area contributed by atoms with Gasteiger partial charge in [0.1, 0.15) is 0 Å². The molecule has 0 fully saturated rings. The van der Waals surface area contributed by atoms with Gasteiger partial charge in [-0.2, -0.15) is 0 Å². The average molecular weight is 333 g/mol. The molecular formula is C15H25ClN2O2S. The Morgan fingerprint density at radius 3 is 2.48 bits per heavy atom. The van der Waals surface area contributed by atoms with Crippen LogP contribution in [-0.2, 0) is 16.6 Å². The molecule has 21 heavy (non-hydrogen) atoms. The highest BCUT2D eigenvalue weighted by Crippen LogP contribution is 2.22. The summed E-state index contributed by atoms with van der Waals surface area (Å²) in [7, 11) is -3.54. The SMILES string of the molecule is CCCNCc1cc(S(=O)(=O)NC(C)(C)CC)ccc1Cl. The van der Waals surface area contributed by atoms with Crippen molar-refractivity contribution in [1.82, 2.24) is 10.0 Å². The Bertz CT molecular complexity index is 571.